The molecule has 1 rings (SSSR count). The summed E-state index contributed by atoms with van der Waals surface area (Å²) in [5, 5.41) is 8.75. The van der Waals surface area contributed by atoms with Crippen molar-refractivity contribution in [3.63, 3.8) is 0 Å². The highest BCUT2D eigenvalue weighted by molar-refractivity contribution is 5.39. The zero-order valence-electron chi connectivity index (χ0n) is 8.66. The summed E-state index contributed by atoms with van der Waals surface area (Å²) in [5.74, 6) is 0.872. The lowest BCUT2D eigenvalue weighted by Crippen LogP contribution is -2.31. The second kappa shape index (κ2) is 4.98. The first kappa shape index (κ1) is 11.0. The van der Waals surface area contributed by atoms with Gasteiger partial charge < -0.3 is 15.6 Å². The van der Waals surface area contributed by atoms with Crippen molar-refractivity contribution in [2.75, 3.05) is 13.2 Å². The molecule has 0 aromatic heterocycles. The van der Waals surface area contributed by atoms with E-state index in [0.717, 1.165) is 16.9 Å². The lowest BCUT2D eigenvalue weighted by Gasteiger charge is -2.14. The van der Waals surface area contributed by atoms with E-state index in [1.165, 1.54) is 0 Å². The predicted octanol–water partition coefficient (Wildman–Crippen LogP) is 1.00. The van der Waals surface area contributed by atoms with E-state index in [1.807, 2.05) is 32.0 Å². The topological polar surface area (TPSA) is 55.5 Å². The van der Waals surface area contributed by atoms with Gasteiger partial charge in [0.15, 0.2) is 0 Å². The number of aliphatic hydroxyl groups is 1. The fourth-order valence-corrected chi connectivity index (χ4v) is 1.27. The highest BCUT2D eigenvalue weighted by atomic mass is 16.5. The van der Waals surface area contributed by atoms with Crippen molar-refractivity contribution in [1.29, 1.82) is 0 Å². The molecule has 3 nitrogen and oxygen atoms in total. The van der Waals surface area contributed by atoms with Gasteiger partial charge in [0.25, 0.3) is 0 Å². The number of para-hydroxylation sites is 1. The molecule has 3 N–H and O–H groups in total. The Morgan fingerprint density at radius 1 is 1.36 bits per heavy atom. The van der Waals surface area contributed by atoms with Gasteiger partial charge in [-0.1, -0.05) is 18.2 Å². The van der Waals surface area contributed by atoms with Crippen LogP contribution in [0.3, 0.4) is 0 Å². The number of aliphatic hydroxyl groups excluding tert-OH is 1. The van der Waals surface area contributed by atoms with E-state index in [4.69, 9.17) is 15.6 Å². The average molecular weight is 195 g/mol. The van der Waals surface area contributed by atoms with Crippen molar-refractivity contribution in [3.8, 4) is 5.75 Å². The Morgan fingerprint density at radius 2 is 1.93 bits per heavy atom. The molecule has 0 spiro atoms. The summed E-state index contributed by atoms with van der Waals surface area (Å²) in [7, 11) is 0. The Labute approximate surface area is 84.5 Å². The van der Waals surface area contributed by atoms with Crippen molar-refractivity contribution >= 4 is 0 Å². The van der Waals surface area contributed by atoms with Crippen molar-refractivity contribution in [3.05, 3.63) is 29.3 Å². The number of hydrogen-bond donors (Lipinski definition) is 2. The molecule has 1 aromatic rings. The Hall–Kier alpha value is -1.06. The Balaban J connectivity index is 2.66. The number of nitrogens with two attached hydrogens (primary N) is 1. The van der Waals surface area contributed by atoms with E-state index in [1.54, 1.807) is 0 Å². The molecule has 3 heteroatoms. The maximum atomic E-state index is 8.75. The minimum absolute atomic E-state index is 0.0507. The molecule has 0 radical (unpaired) electrons. The van der Waals surface area contributed by atoms with Crippen LogP contribution in [0, 0.1) is 13.8 Å². The molecule has 0 aliphatic heterocycles. The molecule has 0 saturated carbocycles. The first-order chi connectivity index (χ1) is 6.65. The summed E-state index contributed by atoms with van der Waals surface area (Å²) in [4.78, 5) is 0. The van der Waals surface area contributed by atoms with Crippen LogP contribution in [-0.4, -0.2) is 24.4 Å². The van der Waals surface area contributed by atoms with Gasteiger partial charge in [-0.2, -0.15) is 0 Å². The second-order valence-corrected chi connectivity index (χ2v) is 3.47. The van der Waals surface area contributed by atoms with Crippen LogP contribution in [0.25, 0.3) is 0 Å². The van der Waals surface area contributed by atoms with Gasteiger partial charge in [-0.25, -0.2) is 0 Å². The predicted molar refractivity (Wildman–Crippen MR) is 56.5 cm³/mol. The fraction of sp³-hybridized carbons (Fsp3) is 0.455. The summed E-state index contributed by atoms with van der Waals surface area (Å²) in [6, 6.07) is 5.66. The zero-order valence-corrected chi connectivity index (χ0v) is 8.66. The Morgan fingerprint density at radius 3 is 2.43 bits per heavy atom. The van der Waals surface area contributed by atoms with Crippen molar-refractivity contribution in [2.45, 2.75) is 19.9 Å². The molecule has 1 aromatic carbocycles. The maximum absolute atomic E-state index is 8.75. The standard InChI is InChI=1S/C11H17NO2/c1-8-4-3-5-9(2)11(8)14-7-10(12)6-13/h3-5,10,13H,6-7,12H2,1-2H3. The maximum Gasteiger partial charge on any atom is 0.125 e. The third-order valence-electron chi connectivity index (χ3n) is 2.09. The quantitative estimate of drug-likeness (QED) is 0.753. The van der Waals surface area contributed by atoms with E-state index >= 15 is 0 Å². The van der Waals surface area contributed by atoms with Crippen LogP contribution in [0.15, 0.2) is 18.2 Å². The smallest absolute Gasteiger partial charge is 0.125 e. The minimum atomic E-state index is -0.311. The molecule has 0 heterocycles. The van der Waals surface area contributed by atoms with Gasteiger partial charge in [-0.3, -0.25) is 0 Å². The third kappa shape index (κ3) is 2.72. The van der Waals surface area contributed by atoms with E-state index in [-0.39, 0.29) is 12.6 Å². The number of benzene rings is 1. The average Bonchev–Trinajstić information content (AvgIpc) is 2.16. The third-order valence-corrected chi connectivity index (χ3v) is 2.09. The highest BCUT2D eigenvalue weighted by Crippen LogP contribution is 2.22. The molecule has 0 aliphatic rings. The molecule has 14 heavy (non-hydrogen) atoms. The summed E-state index contributed by atoms with van der Waals surface area (Å²) in [6.07, 6.45) is 0. The normalized spacial score (nSPS) is 12.6. The van der Waals surface area contributed by atoms with Crippen LogP contribution in [0.5, 0.6) is 5.75 Å². The SMILES string of the molecule is Cc1cccc(C)c1OCC(N)CO. The van der Waals surface area contributed by atoms with Gasteiger partial charge in [-0.15, -0.1) is 0 Å². The van der Waals surface area contributed by atoms with Crippen LogP contribution >= 0.6 is 0 Å². The van der Waals surface area contributed by atoms with Crippen molar-refractivity contribution < 1.29 is 9.84 Å². The Kier molecular flexibility index (Phi) is 3.92. The summed E-state index contributed by atoms with van der Waals surface area (Å²) < 4.78 is 5.54. The van der Waals surface area contributed by atoms with Crippen LogP contribution < -0.4 is 10.5 Å². The molecule has 0 amide bonds. The van der Waals surface area contributed by atoms with Gasteiger partial charge in [0.1, 0.15) is 12.4 Å². The number of ether oxygens (including phenoxy) is 1. The van der Waals surface area contributed by atoms with E-state index < -0.39 is 0 Å². The lowest BCUT2D eigenvalue weighted by atomic mass is 10.1. The second-order valence-electron chi connectivity index (χ2n) is 3.47. The summed E-state index contributed by atoms with van der Waals surface area (Å²) in [6.45, 7) is 4.28. The zero-order chi connectivity index (χ0) is 10.6. The van der Waals surface area contributed by atoms with Crippen LogP contribution in [0.2, 0.25) is 0 Å². The van der Waals surface area contributed by atoms with Crippen LogP contribution in [-0.2, 0) is 0 Å². The highest BCUT2D eigenvalue weighted by Gasteiger charge is 2.05. The van der Waals surface area contributed by atoms with Crippen LogP contribution in [0.1, 0.15) is 11.1 Å². The van der Waals surface area contributed by atoms with E-state index in [0.29, 0.717) is 6.61 Å². The molecule has 78 valence electrons. The van der Waals surface area contributed by atoms with Gasteiger partial charge in [-0.05, 0) is 25.0 Å². The number of aryl methyl sites for hydroxylation is 2. The summed E-state index contributed by atoms with van der Waals surface area (Å²) in [5.41, 5.74) is 7.73. The first-order valence-corrected chi connectivity index (χ1v) is 4.70. The minimum Gasteiger partial charge on any atom is -0.491 e. The molecular weight excluding hydrogens is 178 g/mol. The monoisotopic (exact) mass is 195 g/mol. The van der Waals surface area contributed by atoms with E-state index in [2.05, 4.69) is 0 Å². The molecule has 1 atom stereocenters. The molecule has 0 aliphatic carbocycles. The van der Waals surface area contributed by atoms with Gasteiger partial charge >= 0.3 is 0 Å². The molecule has 1 unspecified atom stereocenters. The fourth-order valence-electron chi connectivity index (χ4n) is 1.27. The van der Waals surface area contributed by atoms with Gasteiger partial charge in [0.05, 0.1) is 12.6 Å². The molecule has 0 fully saturated rings. The molecule has 0 saturated heterocycles. The molecular formula is C11H17NO2. The van der Waals surface area contributed by atoms with Gasteiger partial charge in [0.2, 0.25) is 0 Å². The molecule has 0 bridgehead atoms. The van der Waals surface area contributed by atoms with E-state index in [9.17, 15) is 0 Å². The first-order valence-electron chi connectivity index (χ1n) is 4.70. The Bertz CT molecular complexity index is 279. The van der Waals surface area contributed by atoms with Crippen molar-refractivity contribution in [1.82, 2.24) is 0 Å². The van der Waals surface area contributed by atoms with Gasteiger partial charge in [0, 0.05) is 0 Å². The number of hydrogen-bond acceptors (Lipinski definition) is 3. The van der Waals surface area contributed by atoms with Crippen LogP contribution in [0.4, 0.5) is 0 Å². The lowest BCUT2D eigenvalue weighted by molar-refractivity contribution is 0.205. The number of rotatable bonds is 4. The largest absolute Gasteiger partial charge is 0.491 e. The summed E-state index contributed by atoms with van der Waals surface area (Å²) >= 11 is 0. The van der Waals surface area contributed by atoms with Crippen molar-refractivity contribution in [2.24, 2.45) is 5.73 Å².